The highest BCUT2D eigenvalue weighted by Gasteiger charge is 2.35. The minimum Gasteiger partial charge on any atom is -0.467 e. The number of carbonyl (C=O) groups is 2. The fraction of sp³-hybridized carbons (Fsp3) is 0.107. The van der Waals surface area contributed by atoms with Gasteiger partial charge in [0.05, 0.1) is 28.1 Å². The first-order valence-electron chi connectivity index (χ1n) is 12.0. The second kappa shape index (κ2) is 11.2. The second-order valence-electron chi connectivity index (χ2n) is 8.83. The first kappa shape index (κ1) is 27.0. The molecular formula is C28H23ClN4O6S. The summed E-state index contributed by atoms with van der Waals surface area (Å²) in [5.74, 6) is -0.958. The molecule has 1 aliphatic heterocycles. The van der Waals surface area contributed by atoms with Crippen molar-refractivity contribution in [3.63, 3.8) is 0 Å². The molecule has 1 amide bonds. The minimum absolute atomic E-state index is 0.0138. The van der Waals surface area contributed by atoms with Crippen LogP contribution in [-0.4, -0.2) is 37.6 Å². The zero-order chi connectivity index (χ0) is 28.3. The van der Waals surface area contributed by atoms with Gasteiger partial charge in [0.15, 0.2) is 6.61 Å². The van der Waals surface area contributed by atoms with Crippen molar-refractivity contribution >= 4 is 50.6 Å². The molecule has 1 atom stereocenters. The van der Waals surface area contributed by atoms with Gasteiger partial charge >= 0.3 is 5.97 Å². The molecule has 0 spiro atoms. The number of nitrogens with two attached hydrogens (primary N) is 1. The molecule has 5 rings (SSSR count). The monoisotopic (exact) mass is 578 g/mol. The predicted molar refractivity (Wildman–Crippen MR) is 149 cm³/mol. The molecule has 4 aromatic rings. The number of carbonyl (C=O) groups excluding carboxylic acids is 2. The molecule has 0 unspecified atom stereocenters. The van der Waals surface area contributed by atoms with Crippen LogP contribution < -0.4 is 10.5 Å². The Hall–Kier alpha value is -4.61. The molecule has 204 valence electrons. The summed E-state index contributed by atoms with van der Waals surface area (Å²) in [6.45, 7) is -0.635. The Kier molecular flexibility index (Phi) is 7.58. The molecule has 0 bridgehead atoms. The number of furan rings is 1. The van der Waals surface area contributed by atoms with Crippen molar-refractivity contribution in [2.45, 2.75) is 17.4 Å². The number of anilines is 2. The van der Waals surface area contributed by atoms with Crippen LogP contribution >= 0.6 is 11.6 Å². The summed E-state index contributed by atoms with van der Waals surface area (Å²) in [5, 5.41) is 6.28. The lowest BCUT2D eigenvalue weighted by Gasteiger charge is -2.20. The van der Waals surface area contributed by atoms with E-state index in [1.54, 1.807) is 54.6 Å². The van der Waals surface area contributed by atoms with E-state index in [1.807, 2.05) is 0 Å². The van der Waals surface area contributed by atoms with Crippen molar-refractivity contribution in [1.29, 1.82) is 0 Å². The first-order chi connectivity index (χ1) is 19.2. The quantitative estimate of drug-likeness (QED) is 0.224. The predicted octanol–water partition coefficient (Wildman–Crippen LogP) is 4.85. The van der Waals surface area contributed by atoms with E-state index in [-0.39, 0.29) is 21.8 Å². The highest BCUT2D eigenvalue weighted by molar-refractivity contribution is 7.92. The number of halogens is 1. The number of rotatable bonds is 8. The van der Waals surface area contributed by atoms with Gasteiger partial charge in [0.2, 0.25) is 0 Å². The van der Waals surface area contributed by atoms with Crippen LogP contribution in [0.25, 0.3) is 0 Å². The Morgan fingerprint density at radius 1 is 1.05 bits per heavy atom. The minimum atomic E-state index is -4.05. The van der Waals surface area contributed by atoms with Gasteiger partial charge in [-0.15, -0.1) is 0 Å². The molecule has 3 aromatic carbocycles. The van der Waals surface area contributed by atoms with Crippen LogP contribution in [0.5, 0.6) is 0 Å². The number of nitrogens with one attached hydrogen (secondary N) is 1. The van der Waals surface area contributed by atoms with Gasteiger partial charge in [-0.3, -0.25) is 9.52 Å². The topological polar surface area (TPSA) is 144 Å². The zero-order valence-electron chi connectivity index (χ0n) is 20.9. The maximum absolute atomic E-state index is 13.2. The Bertz CT molecular complexity index is 1690. The number of hydrogen-bond acceptors (Lipinski definition) is 8. The van der Waals surface area contributed by atoms with Crippen molar-refractivity contribution in [2.24, 2.45) is 5.10 Å². The van der Waals surface area contributed by atoms with Gasteiger partial charge in [-0.2, -0.15) is 5.10 Å². The molecule has 12 heteroatoms. The molecular weight excluding hydrogens is 556 g/mol. The molecule has 0 radical (unpaired) electrons. The number of para-hydroxylation sites is 1. The lowest BCUT2D eigenvalue weighted by molar-refractivity contribution is -0.136. The standard InChI is InChI=1S/C28H23ClN4O6S/c29-19-12-10-18(11-13-19)24-16-25(26-9-4-14-38-26)33(31-24)27(34)17-39-28(35)22-7-1-2-8-23(22)32-40(36,37)21-6-3-5-20(30)15-21/h1-15,25,32H,16-17,30H2/t25-/m1/s1. The second-order valence-corrected chi connectivity index (χ2v) is 10.9. The van der Waals surface area contributed by atoms with Crippen molar-refractivity contribution in [3.05, 3.63) is 113 Å². The van der Waals surface area contributed by atoms with Gasteiger partial charge < -0.3 is 14.9 Å². The Labute approximate surface area is 235 Å². The van der Waals surface area contributed by atoms with E-state index in [1.165, 1.54) is 41.6 Å². The third kappa shape index (κ3) is 5.85. The number of amides is 1. The molecule has 1 aliphatic rings. The molecule has 1 aromatic heterocycles. The van der Waals surface area contributed by atoms with E-state index < -0.39 is 34.5 Å². The summed E-state index contributed by atoms with van der Waals surface area (Å²) >= 11 is 6.00. The molecule has 0 saturated carbocycles. The summed E-state index contributed by atoms with van der Waals surface area (Å²) in [6, 6.07) is 21.6. The maximum Gasteiger partial charge on any atom is 0.340 e. The summed E-state index contributed by atoms with van der Waals surface area (Å²) in [5.41, 5.74) is 7.32. The number of ether oxygens (including phenoxy) is 1. The zero-order valence-corrected chi connectivity index (χ0v) is 22.4. The molecule has 2 heterocycles. The normalized spacial score (nSPS) is 15.0. The van der Waals surface area contributed by atoms with Crippen molar-refractivity contribution in [1.82, 2.24) is 5.01 Å². The smallest absolute Gasteiger partial charge is 0.340 e. The van der Waals surface area contributed by atoms with Crippen LogP contribution in [0.2, 0.25) is 5.02 Å². The van der Waals surface area contributed by atoms with Crippen LogP contribution in [0.4, 0.5) is 11.4 Å². The third-order valence-electron chi connectivity index (χ3n) is 6.10. The van der Waals surface area contributed by atoms with Crippen LogP contribution in [0.15, 0.2) is 106 Å². The Morgan fingerprint density at radius 3 is 2.55 bits per heavy atom. The fourth-order valence-electron chi connectivity index (χ4n) is 4.17. The van der Waals surface area contributed by atoms with E-state index in [0.29, 0.717) is 22.9 Å². The number of esters is 1. The molecule has 0 aliphatic carbocycles. The van der Waals surface area contributed by atoms with Gasteiger partial charge in [-0.25, -0.2) is 18.2 Å². The van der Waals surface area contributed by atoms with E-state index >= 15 is 0 Å². The molecule has 0 saturated heterocycles. The van der Waals surface area contributed by atoms with Crippen molar-refractivity contribution < 1.29 is 27.2 Å². The third-order valence-corrected chi connectivity index (χ3v) is 7.72. The largest absolute Gasteiger partial charge is 0.467 e. The number of benzene rings is 3. The molecule has 3 N–H and O–H groups in total. The molecule has 10 nitrogen and oxygen atoms in total. The van der Waals surface area contributed by atoms with E-state index in [2.05, 4.69) is 9.82 Å². The number of hydrazone groups is 1. The van der Waals surface area contributed by atoms with Crippen molar-refractivity contribution in [3.8, 4) is 0 Å². The maximum atomic E-state index is 13.2. The number of hydrogen-bond donors (Lipinski definition) is 2. The lowest BCUT2D eigenvalue weighted by atomic mass is 10.0. The van der Waals surface area contributed by atoms with Gasteiger partial charge in [-0.1, -0.05) is 41.9 Å². The number of sulfonamides is 1. The highest BCUT2D eigenvalue weighted by Crippen LogP contribution is 2.33. The van der Waals surface area contributed by atoms with Gasteiger partial charge in [0.25, 0.3) is 15.9 Å². The Balaban J connectivity index is 1.32. The first-order valence-corrected chi connectivity index (χ1v) is 13.9. The van der Waals surface area contributed by atoms with Crippen LogP contribution in [0.3, 0.4) is 0 Å². The van der Waals surface area contributed by atoms with Crippen molar-refractivity contribution in [2.75, 3.05) is 17.1 Å². The van der Waals surface area contributed by atoms with E-state index in [9.17, 15) is 18.0 Å². The SMILES string of the molecule is Nc1cccc(S(=O)(=O)Nc2ccccc2C(=O)OCC(=O)N2N=C(c3ccc(Cl)cc3)C[C@@H]2c2ccco2)c1. The number of nitrogen functional groups attached to an aromatic ring is 1. The average Bonchev–Trinajstić information content (AvgIpc) is 3.63. The van der Waals surface area contributed by atoms with Gasteiger partial charge in [0.1, 0.15) is 11.8 Å². The van der Waals surface area contributed by atoms with Gasteiger partial charge in [-0.05, 0) is 60.2 Å². The number of nitrogens with zero attached hydrogens (tertiary/aromatic N) is 2. The molecule has 40 heavy (non-hydrogen) atoms. The summed E-state index contributed by atoms with van der Waals surface area (Å²) < 4.78 is 39.0. The summed E-state index contributed by atoms with van der Waals surface area (Å²) in [4.78, 5) is 26.1. The fourth-order valence-corrected chi connectivity index (χ4v) is 5.43. The average molecular weight is 579 g/mol. The Morgan fingerprint density at radius 2 is 1.82 bits per heavy atom. The van der Waals surface area contributed by atoms with E-state index in [0.717, 1.165) is 5.56 Å². The van der Waals surface area contributed by atoms with Crippen LogP contribution in [0.1, 0.15) is 34.1 Å². The summed E-state index contributed by atoms with van der Waals surface area (Å²) in [7, 11) is -4.05. The lowest BCUT2D eigenvalue weighted by Crippen LogP contribution is -2.31. The van der Waals surface area contributed by atoms with E-state index in [4.69, 9.17) is 26.5 Å². The van der Waals surface area contributed by atoms with Crippen LogP contribution in [0, 0.1) is 0 Å². The van der Waals surface area contributed by atoms with Crippen LogP contribution in [-0.2, 0) is 19.6 Å². The highest BCUT2D eigenvalue weighted by atomic mass is 35.5. The summed E-state index contributed by atoms with van der Waals surface area (Å²) in [6.07, 6.45) is 1.88. The van der Waals surface area contributed by atoms with Gasteiger partial charge in [0, 0.05) is 17.1 Å². The molecule has 0 fully saturated rings.